The average molecular weight is 448 g/mol. The Bertz CT molecular complexity index is 1110. The summed E-state index contributed by atoms with van der Waals surface area (Å²) < 4.78 is 0. The third-order valence-corrected chi connectivity index (χ3v) is 7.31. The van der Waals surface area contributed by atoms with Crippen molar-refractivity contribution >= 4 is 23.1 Å². The molecule has 0 N–H and O–H groups in total. The molecule has 0 radical (unpaired) electrons. The number of hydrogen-bond acceptors (Lipinski definition) is 6. The molecule has 1 atom stereocenters. The highest BCUT2D eigenvalue weighted by atomic mass is 32.1. The molecule has 166 valence electrons. The summed E-state index contributed by atoms with van der Waals surface area (Å²) in [7, 11) is 0. The molecule has 0 saturated carbocycles. The number of benzene rings is 1. The number of anilines is 1. The summed E-state index contributed by atoms with van der Waals surface area (Å²) in [6, 6.07) is 10.6. The predicted molar refractivity (Wildman–Crippen MR) is 127 cm³/mol. The van der Waals surface area contributed by atoms with Gasteiger partial charge in [0.15, 0.2) is 0 Å². The zero-order valence-corrected chi connectivity index (χ0v) is 19.6. The number of carbonyl (C=O) groups excluding carboxylic acids is 1. The van der Waals surface area contributed by atoms with Crippen molar-refractivity contribution in [1.29, 1.82) is 0 Å². The van der Waals surface area contributed by atoms with Crippen LogP contribution in [-0.2, 0) is 24.2 Å². The highest BCUT2D eigenvalue weighted by molar-refractivity contribution is 7.09. The van der Waals surface area contributed by atoms with Gasteiger partial charge in [-0.2, -0.15) is 0 Å². The maximum atomic E-state index is 12.8. The molecule has 6 nitrogen and oxygen atoms in total. The van der Waals surface area contributed by atoms with Gasteiger partial charge in [-0.1, -0.05) is 30.3 Å². The summed E-state index contributed by atoms with van der Waals surface area (Å²) in [4.78, 5) is 31.6. The maximum absolute atomic E-state index is 12.8. The molecule has 1 aromatic carbocycles. The Morgan fingerprint density at radius 2 is 1.97 bits per heavy atom. The zero-order valence-electron chi connectivity index (χ0n) is 18.8. The number of aromatic nitrogens is 3. The summed E-state index contributed by atoms with van der Waals surface area (Å²) in [5.41, 5.74) is 4.54. The summed E-state index contributed by atoms with van der Waals surface area (Å²) in [5, 5.41) is 2.99. The molecule has 1 amide bonds. The molecule has 2 aromatic heterocycles. The fraction of sp³-hybridized carbons (Fsp3) is 0.440. The Kier molecular flexibility index (Phi) is 5.91. The molecule has 1 unspecified atom stereocenters. The van der Waals surface area contributed by atoms with Crippen LogP contribution < -0.4 is 4.90 Å². The van der Waals surface area contributed by atoms with Crippen LogP contribution in [-0.4, -0.2) is 45.4 Å². The van der Waals surface area contributed by atoms with Crippen LogP contribution in [0.5, 0.6) is 0 Å². The van der Waals surface area contributed by atoms with Gasteiger partial charge in [-0.05, 0) is 38.7 Å². The van der Waals surface area contributed by atoms with Gasteiger partial charge in [0.1, 0.15) is 11.6 Å². The van der Waals surface area contributed by atoms with Gasteiger partial charge in [-0.25, -0.2) is 15.0 Å². The van der Waals surface area contributed by atoms with Gasteiger partial charge >= 0.3 is 0 Å². The lowest BCUT2D eigenvalue weighted by molar-refractivity contribution is -0.129. The highest BCUT2D eigenvalue weighted by Crippen LogP contribution is 2.32. The zero-order chi connectivity index (χ0) is 22.1. The third-order valence-electron chi connectivity index (χ3n) is 6.48. The van der Waals surface area contributed by atoms with Crippen LogP contribution in [0.2, 0.25) is 0 Å². The van der Waals surface area contributed by atoms with E-state index in [0.29, 0.717) is 13.0 Å². The van der Waals surface area contributed by atoms with E-state index < -0.39 is 0 Å². The van der Waals surface area contributed by atoms with Crippen LogP contribution >= 0.6 is 11.3 Å². The topological polar surface area (TPSA) is 62.2 Å². The SMILES string of the molecule is Cc1nc(CC(=O)N2CCC(c3nc(C)c4c(n3)N(Cc3ccccc3)CCC4)C2)cs1. The number of fused-ring (bicyclic) bond motifs is 1. The monoisotopic (exact) mass is 447 g/mol. The number of thiazole rings is 1. The number of amides is 1. The molecule has 0 aliphatic carbocycles. The van der Waals surface area contributed by atoms with Crippen LogP contribution in [0.3, 0.4) is 0 Å². The standard InChI is InChI=1S/C25H29N5OS/c1-17-22-9-6-11-30(14-19-7-4-3-5-8-19)25(22)28-24(26-17)20-10-12-29(15-20)23(31)13-21-16-32-18(2)27-21/h3-5,7-8,16,20H,6,9-15H2,1-2H3. The number of nitrogens with zero attached hydrogens (tertiary/aromatic N) is 5. The molecule has 2 aliphatic rings. The predicted octanol–water partition coefficient (Wildman–Crippen LogP) is 4.06. The summed E-state index contributed by atoms with van der Waals surface area (Å²) >= 11 is 1.60. The first-order valence-corrected chi connectivity index (χ1v) is 12.3. The average Bonchev–Trinajstić information content (AvgIpc) is 3.44. The lowest BCUT2D eigenvalue weighted by Gasteiger charge is -2.31. The minimum Gasteiger partial charge on any atom is -0.352 e. The van der Waals surface area contributed by atoms with E-state index in [9.17, 15) is 4.79 Å². The minimum absolute atomic E-state index is 0.151. The van der Waals surface area contributed by atoms with Crippen molar-refractivity contribution in [2.24, 2.45) is 0 Å². The Morgan fingerprint density at radius 3 is 2.75 bits per heavy atom. The Labute approximate surface area is 193 Å². The first-order valence-electron chi connectivity index (χ1n) is 11.4. The molecular formula is C25H29N5OS. The lowest BCUT2D eigenvalue weighted by Crippen LogP contribution is -2.32. The van der Waals surface area contributed by atoms with Crippen molar-refractivity contribution in [3.8, 4) is 0 Å². The molecule has 32 heavy (non-hydrogen) atoms. The molecule has 4 heterocycles. The van der Waals surface area contributed by atoms with Crippen LogP contribution in [0.15, 0.2) is 35.7 Å². The Balaban J connectivity index is 1.33. The van der Waals surface area contributed by atoms with Gasteiger partial charge in [0.05, 0.1) is 17.1 Å². The van der Waals surface area contributed by atoms with E-state index in [-0.39, 0.29) is 11.8 Å². The number of hydrogen-bond donors (Lipinski definition) is 0. The van der Waals surface area contributed by atoms with Crippen molar-refractivity contribution in [1.82, 2.24) is 19.9 Å². The number of rotatable bonds is 5. The van der Waals surface area contributed by atoms with Gasteiger partial charge < -0.3 is 9.80 Å². The molecule has 7 heteroatoms. The van der Waals surface area contributed by atoms with Crippen LogP contribution in [0.4, 0.5) is 5.82 Å². The van der Waals surface area contributed by atoms with E-state index in [1.807, 2.05) is 17.2 Å². The van der Waals surface area contributed by atoms with Crippen molar-refractivity contribution in [2.45, 2.75) is 52.0 Å². The van der Waals surface area contributed by atoms with Crippen molar-refractivity contribution < 1.29 is 4.79 Å². The van der Waals surface area contributed by atoms with E-state index in [4.69, 9.17) is 9.97 Å². The molecule has 3 aromatic rings. The molecule has 0 spiro atoms. The Morgan fingerprint density at radius 1 is 1.12 bits per heavy atom. The van der Waals surface area contributed by atoms with Crippen molar-refractivity contribution in [2.75, 3.05) is 24.5 Å². The Hall–Kier alpha value is -2.80. The van der Waals surface area contributed by atoms with Gasteiger partial charge in [0, 0.05) is 48.7 Å². The van der Waals surface area contributed by atoms with E-state index in [0.717, 1.165) is 66.9 Å². The quantitative estimate of drug-likeness (QED) is 0.590. The fourth-order valence-corrected chi connectivity index (χ4v) is 5.42. The minimum atomic E-state index is 0.151. The molecule has 5 rings (SSSR count). The van der Waals surface area contributed by atoms with Crippen LogP contribution in [0.25, 0.3) is 0 Å². The van der Waals surface area contributed by atoms with Crippen LogP contribution in [0, 0.1) is 13.8 Å². The molecule has 2 aliphatic heterocycles. The maximum Gasteiger partial charge on any atom is 0.228 e. The number of likely N-dealkylation sites (tertiary alicyclic amines) is 1. The molecular weight excluding hydrogens is 418 g/mol. The molecule has 1 saturated heterocycles. The summed E-state index contributed by atoms with van der Waals surface area (Å²) in [6.45, 7) is 7.42. The van der Waals surface area contributed by atoms with Crippen LogP contribution in [0.1, 0.15) is 52.1 Å². The van der Waals surface area contributed by atoms with Gasteiger partial charge in [0.25, 0.3) is 0 Å². The third kappa shape index (κ3) is 4.39. The van der Waals surface area contributed by atoms with Crippen molar-refractivity contribution in [3.63, 3.8) is 0 Å². The second kappa shape index (κ2) is 8.98. The van der Waals surface area contributed by atoms with Gasteiger partial charge in [-0.15, -0.1) is 11.3 Å². The smallest absolute Gasteiger partial charge is 0.228 e. The highest BCUT2D eigenvalue weighted by Gasteiger charge is 2.31. The first-order chi connectivity index (χ1) is 15.6. The largest absolute Gasteiger partial charge is 0.352 e. The normalized spacial score (nSPS) is 18.1. The summed E-state index contributed by atoms with van der Waals surface area (Å²) in [6.07, 6.45) is 3.46. The van der Waals surface area contributed by atoms with E-state index in [1.165, 1.54) is 11.1 Å². The second-order valence-electron chi connectivity index (χ2n) is 8.84. The number of carbonyl (C=O) groups is 1. The van der Waals surface area contributed by atoms with E-state index in [1.54, 1.807) is 11.3 Å². The summed E-state index contributed by atoms with van der Waals surface area (Å²) in [5.74, 6) is 2.32. The van der Waals surface area contributed by atoms with Gasteiger partial charge in [0.2, 0.25) is 5.91 Å². The van der Waals surface area contributed by atoms with E-state index >= 15 is 0 Å². The van der Waals surface area contributed by atoms with Crippen molar-refractivity contribution in [3.05, 3.63) is 69.1 Å². The second-order valence-corrected chi connectivity index (χ2v) is 9.90. The molecule has 1 fully saturated rings. The van der Waals surface area contributed by atoms with Gasteiger partial charge in [-0.3, -0.25) is 4.79 Å². The fourth-order valence-electron chi connectivity index (χ4n) is 4.80. The lowest BCUT2D eigenvalue weighted by atomic mass is 10.0. The van der Waals surface area contributed by atoms with E-state index in [2.05, 4.69) is 47.1 Å². The molecule has 0 bridgehead atoms. The first kappa shape index (κ1) is 21.1. The number of aryl methyl sites for hydroxylation is 2.